The van der Waals surface area contributed by atoms with Crippen LogP contribution < -0.4 is 4.90 Å². The standard InChI is InChI=1S/C18H23N5O2/c1-25-14-9-16(18-19-12-20-21-18)22(10-14)11-17(24)23-8-4-6-13-5-2-3-7-15(13)23/h2-3,5,7,12,14,16H,4,6,8-11H2,1H3,(H,19,20,21)/t14-,16+/m1/s1. The maximum Gasteiger partial charge on any atom is 0.241 e. The number of carbonyl (C=O) groups is 1. The van der Waals surface area contributed by atoms with Crippen LogP contribution in [-0.4, -0.2) is 58.8 Å². The lowest BCUT2D eigenvalue weighted by Crippen LogP contribution is -2.43. The number of hydrogen-bond acceptors (Lipinski definition) is 5. The summed E-state index contributed by atoms with van der Waals surface area (Å²) in [4.78, 5) is 21.4. The molecule has 1 N–H and O–H groups in total. The highest BCUT2D eigenvalue weighted by atomic mass is 16.5. The number of para-hydroxylation sites is 1. The van der Waals surface area contributed by atoms with Gasteiger partial charge in [0.15, 0.2) is 0 Å². The van der Waals surface area contributed by atoms with Crippen LogP contribution in [0.1, 0.15) is 30.3 Å². The van der Waals surface area contributed by atoms with Gasteiger partial charge in [0.2, 0.25) is 5.91 Å². The van der Waals surface area contributed by atoms with Crippen molar-refractivity contribution in [3.05, 3.63) is 42.0 Å². The predicted octanol–water partition coefficient (Wildman–Crippen LogP) is 1.55. The molecule has 1 saturated heterocycles. The number of hydrogen-bond donors (Lipinski definition) is 1. The number of rotatable bonds is 4. The molecular weight excluding hydrogens is 318 g/mol. The van der Waals surface area contributed by atoms with Crippen molar-refractivity contribution < 1.29 is 9.53 Å². The van der Waals surface area contributed by atoms with E-state index < -0.39 is 0 Å². The average Bonchev–Trinajstić information content (AvgIpc) is 3.30. The Balaban J connectivity index is 1.52. The summed E-state index contributed by atoms with van der Waals surface area (Å²) in [5.74, 6) is 0.930. The van der Waals surface area contributed by atoms with Gasteiger partial charge >= 0.3 is 0 Å². The van der Waals surface area contributed by atoms with E-state index in [0.29, 0.717) is 6.54 Å². The molecule has 1 fully saturated rings. The number of ether oxygens (including phenoxy) is 1. The van der Waals surface area contributed by atoms with Crippen molar-refractivity contribution in [1.82, 2.24) is 20.1 Å². The zero-order chi connectivity index (χ0) is 17.2. The van der Waals surface area contributed by atoms with Crippen molar-refractivity contribution in [3.8, 4) is 0 Å². The first-order valence-corrected chi connectivity index (χ1v) is 8.76. The SMILES string of the molecule is CO[C@@H]1C[C@@H](c2ncn[nH]2)N(CC(=O)N2CCCc3ccccc32)C1. The van der Waals surface area contributed by atoms with Crippen LogP contribution in [0.2, 0.25) is 0 Å². The molecular formula is C18H23N5O2. The fraction of sp³-hybridized carbons (Fsp3) is 0.500. The second-order valence-electron chi connectivity index (χ2n) is 6.69. The van der Waals surface area contributed by atoms with E-state index in [1.807, 2.05) is 23.1 Å². The number of benzene rings is 1. The van der Waals surface area contributed by atoms with Gasteiger partial charge in [0.1, 0.15) is 12.2 Å². The number of likely N-dealkylation sites (tertiary alicyclic amines) is 1. The molecule has 3 heterocycles. The topological polar surface area (TPSA) is 74.4 Å². The fourth-order valence-corrected chi connectivity index (χ4v) is 3.92. The number of H-pyrrole nitrogens is 1. The Morgan fingerprint density at radius 2 is 2.28 bits per heavy atom. The molecule has 2 aromatic rings. The van der Waals surface area contributed by atoms with E-state index >= 15 is 0 Å². The van der Waals surface area contributed by atoms with Crippen LogP contribution in [0.25, 0.3) is 0 Å². The van der Waals surface area contributed by atoms with Crippen molar-refractivity contribution in [2.45, 2.75) is 31.4 Å². The first kappa shape index (κ1) is 16.2. The van der Waals surface area contributed by atoms with Gasteiger partial charge in [-0.15, -0.1) is 0 Å². The molecule has 0 spiro atoms. The van der Waals surface area contributed by atoms with Crippen molar-refractivity contribution in [2.24, 2.45) is 0 Å². The number of aryl methyl sites for hydroxylation is 1. The summed E-state index contributed by atoms with van der Waals surface area (Å²) in [6.45, 7) is 1.87. The van der Waals surface area contributed by atoms with Crippen molar-refractivity contribution in [2.75, 3.05) is 31.6 Å². The van der Waals surface area contributed by atoms with Crippen LogP contribution in [-0.2, 0) is 16.0 Å². The number of carbonyl (C=O) groups excluding carboxylic acids is 1. The molecule has 25 heavy (non-hydrogen) atoms. The minimum absolute atomic E-state index is 0.0384. The molecule has 2 atom stereocenters. The largest absolute Gasteiger partial charge is 0.380 e. The van der Waals surface area contributed by atoms with Gasteiger partial charge in [0.25, 0.3) is 0 Å². The third kappa shape index (κ3) is 3.17. The summed E-state index contributed by atoms with van der Waals surface area (Å²) in [5.41, 5.74) is 2.31. The Labute approximate surface area is 147 Å². The van der Waals surface area contributed by atoms with Gasteiger partial charge < -0.3 is 9.64 Å². The summed E-state index contributed by atoms with van der Waals surface area (Å²) in [5, 5.41) is 6.89. The maximum absolute atomic E-state index is 13.0. The Morgan fingerprint density at radius 3 is 3.08 bits per heavy atom. The minimum atomic E-state index is 0.0384. The number of aromatic nitrogens is 3. The van der Waals surface area contributed by atoms with Gasteiger partial charge in [0, 0.05) is 25.9 Å². The summed E-state index contributed by atoms with van der Waals surface area (Å²) >= 11 is 0. The monoisotopic (exact) mass is 341 g/mol. The lowest BCUT2D eigenvalue weighted by molar-refractivity contribution is -0.120. The molecule has 2 aliphatic rings. The molecule has 2 aliphatic heterocycles. The molecule has 0 aliphatic carbocycles. The van der Waals surface area contributed by atoms with E-state index in [2.05, 4.69) is 26.1 Å². The van der Waals surface area contributed by atoms with Gasteiger partial charge in [-0.2, -0.15) is 5.10 Å². The Kier molecular flexibility index (Phi) is 4.50. The number of amides is 1. The highest BCUT2D eigenvalue weighted by molar-refractivity contribution is 5.96. The predicted molar refractivity (Wildman–Crippen MR) is 93.2 cm³/mol. The molecule has 1 aromatic carbocycles. The second-order valence-corrected chi connectivity index (χ2v) is 6.69. The molecule has 132 valence electrons. The molecule has 7 heteroatoms. The average molecular weight is 341 g/mol. The second kappa shape index (κ2) is 6.93. The highest BCUT2D eigenvalue weighted by Gasteiger charge is 2.37. The van der Waals surface area contributed by atoms with E-state index in [-0.39, 0.29) is 18.1 Å². The van der Waals surface area contributed by atoms with Gasteiger partial charge in [-0.1, -0.05) is 18.2 Å². The van der Waals surface area contributed by atoms with E-state index in [1.54, 1.807) is 7.11 Å². The lowest BCUT2D eigenvalue weighted by atomic mass is 10.0. The van der Waals surface area contributed by atoms with E-state index in [9.17, 15) is 4.79 Å². The maximum atomic E-state index is 13.0. The number of fused-ring (bicyclic) bond motifs is 1. The summed E-state index contributed by atoms with van der Waals surface area (Å²) in [6.07, 6.45) is 4.48. The molecule has 1 amide bonds. The smallest absolute Gasteiger partial charge is 0.241 e. The summed E-state index contributed by atoms with van der Waals surface area (Å²) < 4.78 is 5.52. The zero-order valence-electron chi connectivity index (χ0n) is 14.4. The van der Waals surface area contributed by atoms with Gasteiger partial charge in [-0.05, 0) is 30.9 Å². The van der Waals surface area contributed by atoms with Crippen LogP contribution in [0, 0.1) is 0 Å². The molecule has 0 bridgehead atoms. The number of nitrogens with zero attached hydrogens (tertiary/aromatic N) is 4. The van der Waals surface area contributed by atoms with Crippen LogP contribution in [0.4, 0.5) is 5.69 Å². The fourth-order valence-electron chi connectivity index (χ4n) is 3.92. The molecule has 1 aromatic heterocycles. The Morgan fingerprint density at radius 1 is 1.40 bits per heavy atom. The summed E-state index contributed by atoms with van der Waals surface area (Å²) in [7, 11) is 1.72. The van der Waals surface area contributed by atoms with Crippen molar-refractivity contribution in [1.29, 1.82) is 0 Å². The van der Waals surface area contributed by atoms with E-state index in [4.69, 9.17) is 4.74 Å². The van der Waals surface area contributed by atoms with Crippen molar-refractivity contribution in [3.63, 3.8) is 0 Å². The minimum Gasteiger partial charge on any atom is -0.380 e. The van der Waals surface area contributed by atoms with Crippen LogP contribution >= 0.6 is 0 Å². The summed E-state index contributed by atoms with van der Waals surface area (Å²) in [6, 6.07) is 8.23. The first-order chi connectivity index (χ1) is 12.3. The molecule has 7 nitrogen and oxygen atoms in total. The number of nitrogens with one attached hydrogen (secondary N) is 1. The van der Waals surface area contributed by atoms with Crippen LogP contribution in [0.15, 0.2) is 30.6 Å². The number of aromatic amines is 1. The number of anilines is 1. The Bertz CT molecular complexity index is 733. The molecule has 4 rings (SSSR count). The third-order valence-corrected chi connectivity index (χ3v) is 5.20. The van der Waals surface area contributed by atoms with Crippen LogP contribution in [0.5, 0.6) is 0 Å². The quantitative estimate of drug-likeness (QED) is 0.913. The van der Waals surface area contributed by atoms with Gasteiger partial charge in [-0.25, -0.2) is 4.98 Å². The normalized spacial score (nSPS) is 23.6. The molecule has 0 saturated carbocycles. The number of methoxy groups -OCH3 is 1. The Hall–Kier alpha value is -2.25. The highest BCUT2D eigenvalue weighted by Crippen LogP contribution is 2.32. The van der Waals surface area contributed by atoms with Gasteiger partial charge in [-0.3, -0.25) is 14.8 Å². The van der Waals surface area contributed by atoms with Crippen molar-refractivity contribution >= 4 is 11.6 Å². The van der Waals surface area contributed by atoms with E-state index in [0.717, 1.165) is 43.9 Å². The van der Waals surface area contributed by atoms with E-state index in [1.165, 1.54) is 11.9 Å². The molecule has 0 unspecified atom stereocenters. The van der Waals surface area contributed by atoms with Crippen LogP contribution in [0.3, 0.4) is 0 Å². The lowest BCUT2D eigenvalue weighted by Gasteiger charge is -2.32. The molecule has 0 radical (unpaired) electrons. The first-order valence-electron chi connectivity index (χ1n) is 8.76. The zero-order valence-corrected chi connectivity index (χ0v) is 14.4. The van der Waals surface area contributed by atoms with Gasteiger partial charge in [0.05, 0.1) is 18.7 Å². The third-order valence-electron chi connectivity index (χ3n) is 5.20.